The Balaban J connectivity index is 1.84. The number of rotatable bonds is 4. The number of carbonyl (C=O) groups is 1. The van der Waals surface area contributed by atoms with Gasteiger partial charge in [-0.15, -0.1) is 0 Å². The molecule has 138 valence electrons. The molecular weight excluding hydrogens is 328 g/mol. The smallest absolute Gasteiger partial charge is 0.337 e. The Morgan fingerprint density at radius 1 is 1.04 bits per heavy atom. The van der Waals surface area contributed by atoms with Crippen molar-refractivity contribution in [3.05, 3.63) is 0 Å². The zero-order chi connectivity index (χ0) is 17.5. The molecule has 5 nitrogen and oxygen atoms in total. The molecule has 5 atom stereocenters. The van der Waals surface area contributed by atoms with E-state index in [1.54, 1.807) is 20.8 Å². The molecule has 0 aromatic carbocycles. The molecule has 0 radical (unpaired) electrons. The largest absolute Gasteiger partial charge is 0.464 e. The third-order valence-corrected chi connectivity index (χ3v) is 8.97. The van der Waals surface area contributed by atoms with E-state index >= 15 is 0 Å². The lowest BCUT2D eigenvalue weighted by Gasteiger charge is -2.38. The molecule has 3 fully saturated rings. The quantitative estimate of drug-likeness (QED) is 0.723. The first-order valence-electron chi connectivity index (χ1n) is 9.36. The van der Waals surface area contributed by atoms with E-state index < -0.39 is 32.8 Å². The van der Waals surface area contributed by atoms with Crippen LogP contribution in [0.15, 0.2) is 0 Å². The summed E-state index contributed by atoms with van der Waals surface area (Å²) >= 11 is 0. The van der Waals surface area contributed by atoms with Gasteiger partial charge in [-0.05, 0) is 58.3 Å². The Hall–Kier alpha value is -0.620. The maximum absolute atomic E-state index is 13.2. The average molecular weight is 358 g/mol. The van der Waals surface area contributed by atoms with Gasteiger partial charge < -0.3 is 9.47 Å². The fraction of sp³-hybridized carbons (Fsp3) is 0.944. The van der Waals surface area contributed by atoms with Gasteiger partial charge in [-0.25, -0.2) is 13.2 Å². The molecule has 1 saturated heterocycles. The molecule has 3 rings (SSSR count). The zero-order valence-electron chi connectivity index (χ0n) is 15.0. The van der Waals surface area contributed by atoms with Gasteiger partial charge in [0, 0.05) is 0 Å². The summed E-state index contributed by atoms with van der Waals surface area (Å²) in [5.41, 5.74) is -1.11. The molecule has 0 amide bonds. The van der Waals surface area contributed by atoms with Crippen molar-refractivity contribution in [2.45, 2.75) is 87.9 Å². The second kappa shape index (κ2) is 6.60. The van der Waals surface area contributed by atoms with Crippen LogP contribution in [0.4, 0.5) is 0 Å². The molecule has 2 saturated carbocycles. The molecule has 0 spiro atoms. The molecule has 0 aromatic rings. The normalized spacial score (nSPS) is 38.2. The van der Waals surface area contributed by atoms with E-state index in [-0.39, 0.29) is 11.2 Å². The van der Waals surface area contributed by atoms with E-state index in [1.165, 1.54) is 0 Å². The van der Waals surface area contributed by atoms with E-state index in [9.17, 15) is 13.2 Å². The number of hydrogen-bond donors (Lipinski definition) is 0. The lowest BCUT2D eigenvalue weighted by Crippen LogP contribution is -2.48. The summed E-state index contributed by atoms with van der Waals surface area (Å²) in [5.74, 6) is 0.0860. The summed E-state index contributed by atoms with van der Waals surface area (Å²) < 4.78 is 37.5. The summed E-state index contributed by atoms with van der Waals surface area (Å²) in [5, 5.41) is -0.621. The molecule has 24 heavy (non-hydrogen) atoms. The Bertz CT molecular complexity index is 582. The molecule has 6 heteroatoms. The van der Waals surface area contributed by atoms with Gasteiger partial charge in [0.25, 0.3) is 0 Å². The van der Waals surface area contributed by atoms with Crippen molar-refractivity contribution in [3.63, 3.8) is 0 Å². The van der Waals surface area contributed by atoms with Crippen LogP contribution in [0.25, 0.3) is 0 Å². The first-order valence-corrected chi connectivity index (χ1v) is 11.0. The van der Waals surface area contributed by atoms with Crippen LogP contribution in [0, 0.1) is 11.8 Å². The van der Waals surface area contributed by atoms with Crippen LogP contribution in [0.5, 0.6) is 0 Å². The van der Waals surface area contributed by atoms with Gasteiger partial charge in [-0.1, -0.05) is 19.3 Å². The van der Waals surface area contributed by atoms with E-state index in [0.717, 1.165) is 38.5 Å². The van der Waals surface area contributed by atoms with Crippen LogP contribution >= 0.6 is 0 Å². The molecular formula is C18H30O5S. The first kappa shape index (κ1) is 18.2. The van der Waals surface area contributed by atoms with Crippen molar-refractivity contribution in [3.8, 4) is 0 Å². The predicted octanol–water partition coefficient (Wildman–Crippen LogP) is 2.87. The fourth-order valence-electron chi connectivity index (χ4n) is 5.15. The highest BCUT2D eigenvalue weighted by Crippen LogP contribution is 2.52. The number of sulfone groups is 1. The summed E-state index contributed by atoms with van der Waals surface area (Å²) in [6, 6.07) is 0. The Morgan fingerprint density at radius 2 is 1.71 bits per heavy atom. The SMILES string of the molecule is CCOC(=O)C(C)(C)OC1CCCC2C3CCCCC3S(=O)(=O)C12. The standard InChI is InChI=1S/C18H30O5S/c1-4-22-17(19)18(2,3)23-14-10-7-9-13-12-8-5-6-11-15(12)24(20,21)16(13)14/h12-16H,4-11H2,1-3H3. The predicted molar refractivity (Wildman–Crippen MR) is 91.4 cm³/mol. The van der Waals surface area contributed by atoms with Gasteiger partial charge in [0.2, 0.25) is 0 Å². The highest BCUT2D eigenvalue weighted by molar-refractivity contribution is 7.93. The van der Waals surface area contributed by atoms with E-state index in [4.69, 9.17) is 9.47 Å². The Kier molecular flexibility index (Phi) is 5.00. The Labute approximate surface area is 145 Å². The molecule has 0 aromatic heterocycles. The van der Waals surface area contributed by atoms with Crippen LogP contribution in [-0.4, -0.2) is 43.2 Å². The average Bonchev–Trinajstić information content (AvgIpc) is 2.77. The fourth-order valence-corrected chi connectivity index (χ4v) is 8.32. The van der Waals surface area contributed by atoms with E-state index in [0.29, 0.717) is 18.9 Å². The molecule has 2 aliphatic carbocycles. The van der Waals surface area contributed by atoms with Gasteiger partial charge in [-0.3, -0.25) is 0 Å². The van der Waals surface area contributed by atoms with Crippen molar-refractivity contribution in [1.29, 1.82) is 0 Å². The second-order valence-electron chi connectivity index (χ2n) is 8.02. The zero-order valence-corrected chi connectivity index (χ0v) is 15.8. The lowest BCUT2D eigenvalue weighted by molar-refractivity contribution is -0.176. The van der Waals surface area contributed by atoms with Crippen LogP contribution in [0.3, 0.4) is 0 Å². The third kappa shape index (κ3) is 3.00. The molecule has 0 bridgehead atoms. The summed E-state index contributed by atoms with van der Waals surface area (Å²) in [6.07, 6.45) is 6.25. The van der Waals surface area contributed by atoms with Gasteiger partial charge >= 0.3 is 5.97 Å². The maximum Gasteiger partial charge on any atom is 0.337 e. The van der Waals surface area contributed by atoms with Crippen molar-refractivity contribution < 1.29 is 22.7 Å². The molecule has 3 aliphatic rings. The minimum Gasteiger partial charge on any atom is -0.464 e. The number of fused-ring (bicyclic) bond motifs is 3. The number of ether oxygens (including phenoxy) is 2. The maximum atomic E-state index is 13.2. The van der Waals surface area contributed by atoms with Crippen molar-refractivity contribution in [1.82, 2.24) is 0 Å². The lowest BCUT2D eigenvalue weighted by atomic mass is 9.72. The number of hydrogen-bond acceptors (Lipinski definition) is 5. The summed E-state index contributed by atoms with van der Waals surface area (Å²) in [4.78, 5) is 12.1. The third-order valence-electron chi connectivity index (χ3n) is 6.13. The monoisotopic (exact) mass is 358 g/mol. The van der Waals surface area contributed by atoms with Crippen LogP contribution in [0.2, 0.25) is 0 Å². The highest BCUT2D eigenvalue weighted by atomic mass is 32.2. The van der Waals surface area contributed by atoms with Gasteiger partial charge in [0.15, 0.2) is 15.4 Å². The van der Waals surface area contributed by atoms with Crippen molar-refractivity contribution >= 4 is 15.8 Å². The number of carbonyl (C=O) groups excluding carboxylic acids is 1. The molecule has 1 heterocycles. The van der Waals surface area contributed by atoms with Crippen molar-refractivity contribution in [2.75, 3.05) is 6.61 Å². The molecule has 0 N–H and O–H groups in total. The van der Waals surface area contributed by atoms with Gasteiger partial charge in [-0.2, -0.15) is 0 Å². The topological polar surface area (TPSA) is 69.7 Å². The van der Waals surface area contributed by atoms with Gasteiger partial charge in [0.05, 0.1) is 23.2 Å². The highest BCUT2D eigenvalue weighted by Gasteiger charge is 2.59. The van der Waals surface area contributed by atoms with E-state index in [1.807, 2.05) is 0 Å². The van der Waals surface area contributed by atoms with Crippen molar-refractivity contribution in [2.24, 2.45) is 11.8 Å². The van der Waals surface area contributed by atoms with Crippen LogP contribution in [0.1, 0.15) is 65.7 Å². The molecule has 5 unspecified atom stereocenters. The van der Waals surface area contributed by atoms with Gasteiger partial charge in [0.1, 0.15) is 0 Å². The minimum absolute atomic E-state index is 0.184. The number of esters is 1. The van der Waals surface area contributed by atoms with E-state index in [2.05, 4.69) is 0 Å². The summed E-state index contributed by atoms with van der Waals surface area (Å²) in [7, 11) is -3.18. The molecule has 1 aliphatic heterocycles. The first-order chi connectivity index (χ1) is 11.3. The second-order valence-corrected chi connectivity index (χ2v) is 10.4. The van der Waals surface area contributed by atoms with Crippen LogP contribution < -0.4 is 0 Å². The minimum atomic E-state index is -3.18. The Morgan fingerprint density at radius 3 is 2.42 bits per heavy atom. The van der Waals surface area contributed by atoms with Crippen LogP contribution in [-0.2, 0) is 24.1 Å². The summed E-state index contributed by atoms with van der Waals surface area (Å²) in [6.45, 7) is 5.42.